The molecule has 0 amide bonds. The Morgan fingerprint density at radius 1 is 1.20 bits per heavy atom. The summed E-state index contributed by atoms with van der Waals surface area (Å²) in [5.41, 5.74) is -0.202. The largest absolute Gasteiger partial charge is 0.300 e. The van der Waals surface area contributed by atoms with Crippen LogP contribution in [0.2, 0.25) is 0 Å². The topological polar surface area (TPSA) is 39.1 Å². The van der Waals surface area contributed by atoms with Crippen molar-refractivity contribution in [3.63, 3.8) is 0 Å². The molecule has 0 aromatic rings. The molecule has 0 radical (unpaired) electrons. The van der Waals surface area contributed by atoms with Gasteiger partial charge >= 0.3 is 0 Å². The van der Waals surface area contributed by atoms with Gasteiger partial charge in [0.05, 0.1) is 6.07 Å². The van der Waals surface area contributed by atoms with E-state index in [-0.39, 0.29) is 5.54 Å². The predicted octanol–water partition coefficient (Wildman–Crippen LogP) is 3.07. The number of hydrogen-bond donors (Lipinski definition) is 1. The van der Waals surface area contributed by atoms with Crippen molar-refractivity contribution in [3.8, 4) is 6.07 Å². The van der Waals surface area contributed by atoms with Crippen LogP contribution in [0.3, 0.4) is 0 Å². The van der Waals surface area contributed by atoms with Crippen molar-refractivity contribution < 1.29 is 0 Å². The minimum atomic E-state index is -0.202. The second kappa shape index (κ2) is 6.03. The van der Waals surface area contributed by atoms with E-state index in [4.69, 9.17) is 0 Å². The molecular weight excluding hydrogens is 246 g/mol. The number of likely N-dealkylation sites (tertiary alicyclic amines) is 1. The molecule has 0 aromatic heterocycles. The van der Waals surface area contributed by atoms with Gasteiger partial charge in [-0.25, -0.2) is 0 Å². The molecule has 2 saturated carbocycles. The summed E-state index contributed by atoms with van der Waals surface area (Å²) in [6, 6.07) is 3.91. The van der Waals surface area contributed by atoms with Crippen LogP contribution in [0.15, 0.2) is 0 Å². The summed E-state index contributed by atoms with van der Waals surface area (Å²) < 4.78 is 0. The first-order valence-electron chi connectivity index (χ1n) is 8.67. The highest BCUT2D eigenvalue weighted by Gasteiger charge is 2.44. The van der Waals surface area contributed by atoms with Crippen molar-refractivity contribution in [1.29, 1.82) is 5.26 Å². The maximum absolute atomic E-state index is 9.59. The number of nitriles is 1. The Kier molecular flexibility index (Phi) is 4.33. The highest BCUT2D eigenvalue weighted by atomic mass is 15.2. The van der Waals surface area contributed by atoms with Gasteiger partial charge in [0.2, 0.25) is 0 Å². The van der Waals surface area contributed by atoms with Gasteiger partial charge in [0.25, 0.3) is 0 Å². The van der Waals surface area contributed by atoms with Gasteiger partial charge in [0.1, 0.15) is 5.54 Å². The van der Waals surface area contributed by atoms with Gasteiger partial charge in [-0.05, 0) is 64.0 Å². The third-order valence-corrected chi connectivity index (χ3v) is 5.62. The lowest BCUT2D eigenvalue weighted by Crippen LogP contribution is -2.46. The molecule has 3 aliphatic rings. The third kappa shape index (κ3) is 3.18. The maximum atomic E-state index is 9.59. The number of piperidine rings is 1. The van der Waals surface area contributed by atoms with E-state index in [2.05, 4.69) is 23.2 Å². The quantitative estimate of drug-likeness (QED) is 0.838. The number of nitrogens with zero attached hydrogens (tertiary/aromatic N) is 2. The van der Waals surface area contributed by atoms with Gasteiger partial charge in [-0.1, -0.05) is 19.8 Å². The second-order valence-corrected chi connectivity index (χ2v) is 7.28. The van der Waals surface area contributed by atoms with E-state index < -0.39 is 0 Å². The van der Waals surface area contributed by atoms with Crippen LogP contribution in [0, 0.1) is 17.2 Å². The summed E-state index contributed by atoms with van der Waals surface area (Å²) in [6.07, 6.45) is 11.4. The van der Waals surface area contributed by atoms with Gasteiger partial charge in [-0.3, -0.25) is 5.32 Å². The molecule has 3 heteroatoms. The van der Waals surface area contributed by atoms with Crippen LogP contribution >= 0.6 is 0 Å². The Hall–Kier alpha value is -0.590. The van der Waals surface area contributed by atoms with Crippen LogP contribution in [-0.4, -0.2) is 35.6 Å². The molecular formula is C17H29N3. The standard InChI is InChI=1S/C17H29N3/c1-2-3-14-7-10-20(11-8-14)16-6-9-17(12-16,13-18)19-15-4-5-15/h14-16,19H,2-12H2,1H3. The van der Waals surface area contributed by atoms with E-state index in [1.54, 1.807) is 0 Å². The highest BCUT2D eigenvalue weighted by molar-refractivity contribution is 5.15. The van der Waals surface area contributed by atoms with Gasteiger partial charge in [-0.2, -0.15) is 5.26 Å². The zero-order valence-corrected chi connectivity index (χ0v) is 12.9. The van der Waals surface area contributed by atoms with E-state index in [0.29, 0.717) is 12.1 Å². The van der Waals surface area contributed by atoms with Crippen molar-refractivity contribution in [2.45, 2.75) is 82.3 Å². The average molecular weight is 275 g/mol. The van der Waals surface area contributed by atoms with E-state index in [1.807, 2.05) is 0 Å². The first-order valence-corrected chi connectivity index (χ1v) is 8.67. The molecule has 2 atom stereocenters. The zero-order valence-electron chi connectivity index (χ0n) is 12.9. The van der Waals surface area contributed by atoms with Gasteiger partial charge in [0, 0.05) is 12.1 Å². The molecule has 1 saturated heterocycles. The molecule has 0 aromatic carbocycles. The van der Waals surface area contributed by atoms with Crippen molar-refractivity contribution in [2.24, 2.45) is 5.92 Å². The van der Waals surface area contributed by atoms with Crippen LogP contribution in [0.1, 0.15) is 64.7 Å². The maximum Gasteiger partial charge on any atom is 0.108 e. The smallest absolute Gasteiger partial charge is 0.108 e. The first kappa shape index (κ1) is 14.4. The van der Waals surface area contributed by atoms with E-state index in [0.717, 1.165) is 18.8 Å². The summed E-state index contributed by atoms with van der Waals surface area (Å²) >= 11 is 0. The lowest BCUT2D eigenvalue weighted by molar-refractivity contribution is 0.127. The Balaban J connectivity index is 1.51. The fraction of sp³-hybridized carbons (Fsp3) is 0.941. The van der Waals surface area contributed by atoms with Crippen molar-refractivity contribution in [3.05, 3.63) is 0 Å². The number of nitrogens with one attached hydrogen (secondary N) is 1. The molecule has 0 spiro atoms. The van der Waals surface area contributed by atoms with Crippen LogP contribution in [0.4, 0.5) is 0 Å². The molecule has 20 heavy (non-hydrogen) atoms. The molecule has 3 nitrogen and oxygen atoms in total. The summed E-state index contributed by atoms with van der Waals surface area (Å²) in [5, 5.41) is 13.2. The Morgan fingerprint density at radius 3 is 2.55 bits per heavy atom. The SMILES string of the molecule is CCCC1CCN(C2CCC(C#N)(NC3CC3)C2)CC1. The van der Waals surface area contributed by atoms with Crippen LogP contribution in [-0.2, 0) is 0 Å². The van der Waals surface area contributed by atoms with Crippen molar-refractivity contribution in [1.82, 2.24) is 10.2 Å². The highest BCUT2D eigenvalue weighted by Crippen LogP contribution is 2.37. The lowest BCUT2D eigenvalue weighted by Gasteiger charge is -2.36. The lowest BCUT2D eigenvalue weighted by atomic mass is 9.91. The van der Waals surface area contributed by atoms with E-state index >= 15 is 0 Å². The molecule has 1 aliphatic heterocycles. The Bertz CT molecular complexity index is 363. The predicted molar refractivity (Wildman–Crippen MR) is 81.3 cm³/mol. The monoisotopic (exact) mass is 275 g/mol. The number of hydrogen-bond acceptors (Lipinski definition) is 3. The van der Waals surface area contributed by atoms with E-state index in [9.17, 15) is 5.26 Å². The minimum absolute atomic E-state index is 0.202. The second-order valence-electron chi connectivity index (χ2n) is 7.28. The first-order chi connectivity index (χ1) is 9.74. The van der Waals surface area contributed by atoms with Gasteiger partial charge in [0.15, 0.2) is 0 Å². The summed E-state index contributed by atoms with van der Waals surface area (Å²) in [4.78, 5) is 2.68. The van der Waals surface area contributed by atoms with Gasteiger partial charge < -0.3 is 4.90 Å². The fourth-order valence-electron chi connectivity index (χ4n) is 4.23. The molecule has 2 unspecified atom stereocenters. The summed E-state index contributed by atoms with van der Waals surface area (Å²) in [6.45, 7) is 4.83. The molecule has 0 bridgehead atoms. The normalized spacial score (nSPS) is 36.1. The van der Waals surface area contributed by atoms with Gasteiger partial charge in [-0.15, -0.1) is 0 Å². The Labute approximate surface area is 123 Å². The summed E-state index contributed by atoms with van der Waals surface area (Å²) in [5.74, 6) is 0.961. The molecule has 2 aliphatic carbocycles. The molecule has 1 N–H and O–H groups in total. The molecule has 1 heterocycles. The van der Waals surface area contributed by atoms with Crippen LogP contribution in [0.25, 0.3) is 0 Å². The van der Waals surface area contributed by atoms with Crippen LogP contribution in [0.5, 0.6) is 0 Å². The van der Waals surface area contributed by atoms with E-state index in [1.165, 1.54) is 58.0 Å². The summed E-state index contributed by atoms with van der Waals surface area (Å²) in [7, 11) is 0. The molecule has 112 valence electrons. The Morgan fingerprint density at radius 2 is 1.95 bits per heavy atom. The fourth-order valence-corrected chi connectivity index (χ4v) is 4.23. The minimum Gasteiger partial charge on any atom is -0.300 e. The zero-order chi connectivity index (χ0) is 14.0. The number of rotatable bonds is 5. The molecule has 3 rings (SSSR count). The third-order valence-electron chi connectivity index (χ3n) is 5.62. The average Bonchev–Trinajstić information content (AvgIpc) is 3.18. The van der Waals surface area contributed by atoms with Crippen LogP contribution < -0.4 is 5.32 Å². The van der Waals surface area contributed by atoms with Crippen molar-refractivity contribution >= 4 is 0 Å². The molecule has 3 fully saturated rings. The van der Waals surface area contributed by atoms with Crippen molar-refractivity contribution in [2.75, 3.05) is 13.1 Å².